The molecule has 0 saturated heterocycles. The molecule has 25 heavy (non-hydrogen) atoms. The van der Waals surface area contributed by atoms with Crippen molar-refractivity contribution in [3.63, 3.8) is 0 Å². The van der Waals surface area contributed by atoms with Gasteiger partial charge in [-0.15, -0.1) is 0 Å². The second-order valence-electron chi connectivity index (χ2n) is 5.99. The minimum Gasteiger partial charge on any atom is -0.481 e. The number of pyridine rings is 1. The molecule has 7 heteroatoms. The predicted molar refractivity (Wildman–Crippen MR) is 86.5 cm³/mol. The number of hydrogen-bond donors (Lipinski definition) is 0. The number of ether oxygens (including phenoxy) is 1. The Morgan fingerprint density at radius 3 is 2.76 bits per heavy atom. The third kappa shape index (κ3) is 3.31. The molecule has 0 aliphatic carbocycles. The van der Waals surface area contributed by atoms with E-state index in [1.165, 1.54) is 30.3 Å². The number of fused-ring (bicyclic) bond motifs is 1. The van der Waals surface area contributed by atoms with Crippen LogP contribution in [0.4, 0.5) is 18.9 Å². The molecule has 0 atom stereocenters. The van der Waals surface area contributed by atoms with Gasteiger partial charge in [0.15, 0.2) is 0 Å². The fourth-order valence-corrected chi connectivity index (χ4v) is 2.99. The normalized spacial score (nSPS) is 14.9. The molecule has 1 aliphatic heterocycles. The summed E-state index contributed by atoms with van der Waals surface area (Å²) in [6.07, 6.45) is 1.63. The van der Waals surface area contributed by atoms with Gasteiger partial charge in [0.1, 0.15) is 5.82 Å². The van der Waals surface area contributed by atoms with Gasteiger partial charge in [-0.1, -0.05) is 12.1 Å². The summed E-state index contributed by atoms with van der Waals surface area (Å²) in [7, 11) is 1.26. The van der Waals surface area contributed by atoms with Gasteiger partial charge in [-0.3, -0.25) is 4.79 Å². The lowest BCUT2D eigenvalue weighted by molar-refractivity contribution is -0.117. The number of rotatable bonds is 3. The van der Waals surface area contributed by atoms with Gasteiger partial charge in [-0.05, 0) is 29.7 Å². The number of carbonyl (C=O) groups is 1. The first-order valence-corrected chi connectivity index (χ1v) is 7.80. The van der Waals surface area contributed by atoms with Crippen LogP contribution in [0.25, 0.3) is 0 Å². The van der Waals surface area contributed by atoms with Crippen molar-refractivity contribution in [1.29, 1.82) is 0 Å². The lowest BCUT2D eigenvalue weighted by Gasteiger charge is -2.23. The third-order valence-electron chi connectivity index (χ3n) is 4.26. The second-order valence-corrected chi connectivity index (χ2v) is 5.99. The quantitative estimate of drug-likeness (QED) is 0.851. The smallest absolute Gasteiger partial charge is 0.275 e. The molecule has 132 valence electrons. The van der Waals surface area contributed by atoms with Crippen LogP contribution in [-0.2, 0) is 23.6 Å². The van der Waals surface area contributed by atoms with Crippen LogP contribution in [0.2, 0.25) is 0 Å². The predicted octanol–water partition coefficient (Wildman–Crippen LogP) is 3.47. The maximum atomic E-state index is 14.0. The zero-order valence-electron chi connectivity index (χ0n) is 13.9. The Labute approximate surface area is 143 Å². The van der Waals surface area contributed by atoms with Gasteiger partial charge in [0.25, 0.3) is 5.92 Å². The van der Waals surface area contributed by atoms with Crippen molar-refractivity contribution < 1.29 is 22.7 Å². The average Bonchev–Trinajstić information content (AvgIpc) is 2.73. The second kappa shape index (κ2) is 6.38. The van der Waals surface area contributed by atoms with Crippen LogP contribution in [0, 0.1) is 5.82 Å². The average molecular weight is 350 g/mol. The Kier molecular flexibility index (Phi) is 4.41. The molecule has 3 rings (SSSR count). The molecule has 0 N–H and O–H groups in total. The van der Waals surface area contributed by atoms with Crippen LogP contribution in [0.15, 0.2) is 30.5 Å². The molecular formula is C18H17F3N2O2. The minimum atomic E-state index is -3.17. The van der Waals surface area contributed by atoms with E-state index in [4.69, 9.17) is 4.74 Å². The summed E-state index contributed by atoms with van der Waals surface area (Å²) in [5, 5.41) is 0. The van der Waals surface area contributed by atoms with Crippen LogP contribution in [-0.4, -0.2) is 24.5 Å². The van der Waals surface area contributed by atoms with Gasteiger partial charge in [-0.2, -0.15) is 0 Å². The molecule has 0 spiro atoms. The lowest BCUT2D eigenvalue weighted by atomic mass is 10.0. The zero-order chi connectivity index (χ0) is 18.2. The first-order chi connectivity index (χ1) is 11.8. The number of hydrogen-bond acceptors (Lipinski definition) is 3. The van der Waals surface area contributed by atoms with E-state index in [-0.39, 0.29) is 36.3 Å². The Morgan fingerprint density at radius 1 is 1.32 bits per heavy atom. The number of benzene rings is 1. The highest BCUT2D eigenvalue weighted by molar-refractivity contribution is 5.95. The summed E-state index contributed by atoms with van der Waals surface area (Å²) in [5.74, 6) is -4.01. The first-order valence-electron chi connectivity index (χ1n) is 7.80. The number of methoxy groups -OCH3 is 1. The van der Waals surface area contributed by atoms with Gasteiger partial charge < -0.3 is 9.64 Å². The molecule has 2 aromatic rings. The van der Waals surface area contributed by atoms with E-state index in [1.54, 1.807) is 12.1 Å². The number of carbonyl (C=O) groups excluding carboxylic acids is 1. The molecule has 1 amide bonds. The number of anilines is 1. The standard InChI is InChI=1S/C18H17F3N2O2/c1-18(20,21)14-9-12(10-22-17(14)25-2)23-7-6-13-11(8-16(23)24)4-3-5-15(13)19/h3-5,9-10H,6-8H2,1-2H3. The molecule has 0 bridgehead atoms. The van der Waals surface area contributed by atoms with E-state index < -0.39 is 11.5 Å². The number of aromatic nitrogens is 1. The number of halogens is 3. The molecule has 1 aromatic heterocycles. The van der Waals surface area contributed by atoms with E-state index >= 15 is 0 Å². The Balaban J connectivity index is 1.98. The molecule has 4 nitrogen and oxygen atoms in total. The number of amides is 1. The SMILES string of the molecule is COc1ncc(N2CCc3c(F)cccc3CC2=O)cc1C(C)(F)F. The fraction of sp³-hybridized carbons (Fsp3) is 0.333. The van der Waals surface area contributed by atoms with E-state index in [1.807, 2.05) is 0 Å². The van der Waals surface area contributed by atoms with Crippen LogP contribution in [0.5, 0.6) is 5.88 Å². The minimum absolute atomic E-state index is 0.0109. The molecule has 0 fully saturated rings. The largest absolute Gasteiger partial charge is 0.481 e. The van der Waals surface area contributed by atoms with Crippen molar-refractivity contribution >= 4 is 11.6 Å². The molecule has 0 unspecified atom stereocenters. The van der Waals surface area contributed by atoms with E-state index in [0.29, 0.717) is 17.5 Å². The summed E-state index contributed by atoms with van der Waals surface area (Å²) in [6.45, 7) is 0.932. The molecular weight excluding hydrogens is 333 g/mol. The van der Waals surface area contributed by atoms with E-state index in [9.17, 15) is 18.0 Å². The van der Waals surface area contributed by atoms with Crippen molar-refractivity contribution in [2.45, 2.75) is 25.7 Å². The maximum Gasteiger partial charge on any atom is 0.275 e. The summed E-state index contributed by atoms with van der Waals surface area (Å²) in [6, 6.07) is 5.82. The van der Waals surface area contributed by atoms with Crippen molar-refractivity contribution in [3.8, 4) is 5.88 Å². The topological polar surface area (TPSA) is 42.4 Å². The highest BCUT2D eigenvalue weighted by Crippen LogP contribution is 2.36. The highest BCUT2D eigenvalue weighted by Gasteiger charge is 2.32. The lowest BCUT2D eigenvalue weighted by Crippen LogP contribution is -2.32. The van der Waals surface area contributed by atoms with Crippen molar-refractivity contribution in [3.05, 3.63) is 53.0 Å². The molecule has 1 aromatic carbocycles. The van der Waals surface area contributed by atoms with Gasteiger partial charge in [0, 0.05) is 13.5 Å². The molecule has 0 radical (unpaired) electrons. The Bertz CT molecular complexity index is 818. The Hall–Kier alpha value is -2.57. The van der Waals surface area contributed by atoms with Gasteiger partial charge >= 0.3 is 0 Å². The van der Waals surface area contributed by atoms with Crippen molar-refractivity contribution in [2.24, 2.45) is 0 Å². The molecule has 0 saturated carbocycles. The van der Waals surface area contributed by atoms with Gasteiger partial charge in [0.05, 0.1) is 31.0 Å². The highest BCUT2D eigenvalue weighted by atomic mass is 19.3. The van der Waals surface area contributed by atoms with Gasteiger partial charge in [-0.25, -0.2) is 18.2 Å². The van der Waals surface area contributed by atoms with Crippen LogP contribution >= 0.6 is 0 Å². The first kappa shape index (κ1) is 17.3. The summed E-state index contributed by atoms with van der Waals surface area (Å²) >= 11 is 0. The van der Waals surface area contributed by atoms with E-state index in [0.717, 1.165) is 6.92 Å². The van der Waals surface area contributed by atoms with Crippen LogP contribution < -0.4 is 9.64 Å². The number of alkyl halides is 2. The molecule has 1 aliphatic rings. The molecule has 2 heterocycles. The van der Waals surface area contributed by atoms with Crippen molar-refractivity contribution in [2.75, 3.05) is 18.6 Å². The number of nitrogens with zero attached hydrogens (tertiary/aromatic N) is 2. The summed E-state index contributed by atoms with van der Waals surface area (Å²) in [4.78, 5) is 17.8. The summed E-state index contributed by atoms with van der Waals surface area (Å²) in [5.41, 5.74) is 0.958. The maximum absolute atomic E-state index is 14.0. The Morgan fingerprint density at radius 2 is 2.08 bits per heavy atom. The summed E-state index contributed by atoms with van der Waals surface area (Å²) < 4.78 is 46.5. The fourth-order valence-electron chi connectivity index (χ4n) is 2.99. The van der Waals surface area contributed by atoms with Crippen LogP contribution in [0.1, 0.15) is 23.6 Å². The van der Waals surface area contributed by atoms with Crippen LogP contribution in [0.3, 0.4) is 0 Å². The van der Waals surface area contributed by atoms with E-state index in [2.05, 4.69) is 4.98 Å². The third-order valence-corrected chi connectivity index (χ3v) is 4.26. The van der Waals surface area contributed by atoms with Gasteiger partial charge in [0.2, 0.25) is 11.8 Å². The monoisotopic (exact) mass is 350 g/mol. The van der Waals surface area contributed by atoms with Crippen molar-refractivity contribution in [1.82, 2.24) is 4.98 Å². The zero-order valence-corrected chi connectivity index (χ0v) is 13.9.